The Morgan fingerprint density at radius 2 is 1.62 bits per heavy atom. The number of amides is 5. The lowest BCUT2D eigenvalue weighted by molar-refractivity contribution is -0.135. The normalized spacial score (nSPS) is 23.4. The zero-order chi connectivity index (χ0) is 22.0. The Labute approximate surface area is 167 Å². The van der Waals surface area contributed by atoms with Crippen molar-refractivity contribution in [3.63, 3.8) is 0 Å². The van der Waals surface area contributed by atoms with Crippen LogP contribution in [0.25, 0.3) is 0 Å². The second-order valence-electron chi connectivity index (χ2n) is 6.58. The summed E-state index contributed by atoms with van der Waals surface area (Å²) >= 11 is 0. The minimum Gasteiger partial charge on any atom is -0.370 e. The van der Waals surface area contributed by atoms with Crippen LogP contribution in [0.3, 0.4) is 0 Å². The van der Waals surface area contributed by atoms with E-state index in [0.717, 1.165) is 0 Å². The maximum atomic E-state index is 12.4. The summed E-state index contributed by atoms with van der Waals surface area (Å²) in [5.41, 5.74) is 15.6. The summed E-state index contributed by atoms with van der Waals surface area (Å²) in [6.07, 6.45) is 0.446. The summed E-state index contributed by atoms with van der Waals surface area (Å²) in [7, 11) is 0. The first-order chi connectivity index (χ1) is 13.6. The molecule has 0 bridgehead atoms. The highest BCUT2D eigenvalue weighted by Gasteiger charge is 2.29. The second kappa shape index (κ2) is 11.5. The van der Waals surface area contributed by atoms with Gasteiger partial charge in [0.1, 0.15) is 18.1 Å². The third-order valence-electron chi connectivity index (χ3n) is 4.08. The van der Waals surface area contributed by atoms with Crippen molar-refractivity contribution < 1.29 is 24.0 Å². The van der Waals surface area contributed by atoms with Crippen molar-refractivity contribution in [1.82, 2.24) is 21.3 Å². The highest BCUT2D eigenvalue weighted by Crippen LogP contribution is 2.03. The fourth-order valence-corrected chi connectivity index (χ4v) is 2.54. The molecule has 1 heterocycles. The van der Waals surface area contributed by atoms with Gasteiger partial charge in [-0.3, -0.25) is 29.0 Å². The topological polar surface area (TPSA) is 224 Å². The van der Waals surface area contributed by atoms with Gasteiger partial charge in [-0.05, 0) is 26.2 Å². The van der Waals surface area contributed by atoms with Crippen molar-refractivity contribution in [3.8, 4) is 0 Å². The van der Waals surface area contributed by atoms with Crippen molar-refractivity contribution >= 4 is 35.5 Å². The zero-order valence-electron chi connectivity index (χ0n) is 16.2. The molecule has 0 spiro atoms. The Balaban J connectivity index is 2.87. The lowest BCUT2D eigenvalue weighted by atomic mass is 10.1. The van der Waals surface area contributed by atoms with Gasteiger partial charge in [0.05, 0.1) is 6.54 Å². The molecule has 13 nitrogen and oxygen atoms in total. The van der Waals surface area contributed by atoms with Crippen molar-refractivity contribution in [2.24, 2.45) is 22.2 Å². The summed E-state index contributed by atoms with van der Waals surface area (Å²) < 4.78 is 0. The molecular weight excluding hydrogens is 384 g/mol. The number of nitrogens with one attached hydrogen (secondary N) is 4. The molecule has 5 amide bonds. The molecular formula is C16H28N8O5. The number of rotatable bonds is 7. The number of nitrogens with zero attached hydrogens (tertiary/aromatic N) is 1. The van der Waals surface area contributed by atoms with Gasteiger partial charge in [-0.15, -0.1) is 0 Å². The number of hydrogen-bond donors (Lipinski definition) is 7. The van der Waals surface area contributed by atoms with E-state index in [9.17, 15) is 24.0 Å². The van der Waals surface area contributed by atoms with E-state index in [4.69, 9.17) is 17.2 Å². The third-order valence-corrected chi connectivity index (χ3v) is 4.08. The average molecular weight is 412 g/mol. The summed E-state index contributed by atoms with van der Waals surface area (Å²) in [5.74, 6) is -3.14. The van der Waals surface area contributed by atoms with Gasteiger partial charge in [-0.1, -0.05) is 0 Å². The minimum absolute atomic E-state index is 0.0391. The van der Waals surface area contributed by atoms with E-state index >= 15 is 0 Å². The Morgan fingerprint density at radius 3 is 2.24 bits per heavy atom. The molecule has 3 atom stereocenters. The first kappa shape index (κ1) is 23.7. The fourth-order valence-electron chi connectivity index (χ4n) is 2.54. The summed E-state index contributed by atoms with van der Waals surface area (Å²) in [4.78, 5) is 64.0. The van der Waals surface area contributed by atoms with Gasteiger partial charge >= 0.3 is 0 Å². The SMILES string of the molecule is C[C@@H]1NC(=O)[C@H](CCC(N)=O)NC(=O)CNC(=O)[C@@H](CCCN=C(N)N)NC1=O. The van der Waals surface area contributed by atoms with Gasteiger partial charge in [0.25, 0.3) is 0 Å². The second-order valence-corrected chi connectivity index (χ2v) is 6.58. The van der Waals surface area contributed by atoms with Crippen molar-refractivity contribution in [3.05, 3.63) is 0 Å². The van der Waals surface area contributed by atoms with E-state index in [1.54, 1.807) is 0 Å². The molecule has 0 aromatic heterocycles. The number of carbonyl (C=O) groups is 5. The summed E-state index contributed by atoms with van der Waals surface area (Å²) in [6, 6.07) is -2.99. The van der Waals surface area contributed by atoms with Crippen LogP contribution in [-0.4, -0.2) is 66.7 Å². The van der Waals surface area contributed by atoms with E-state index in [0.29, 0.717) is 6.42 Å². The van der Waals surface area contributed by atoms with Crippen LogP contribution in [0.1, 0.15) is 32.6 Å². The van der Waals surface area contributed by atoms with Crippen LogP contribution in [0.2, 0.25) is 0 Å². The Hall–Kier alpha value is -3.38. The molecule has 1 aliphatic rings. The number of guanidine groups is 1. The number of aliphatic imine (C=N–C) groups is 1. The van der Waals surface area contributed by atoms with Gasteiger partial charge in [-0.2, -0.15) is 0 Å². The minimum atomic E-state index is -1.07. The predicted octanol–water partition coefficient (Wildman–Crippen LogP) is -4.09. The molecule has 162 valence electrons. The largest absolute Gasteiger partial charge is 0.370 e. The number of hydrogen-bond acceptors (Lipinski definition) is 6. The van der Waals surface area contributed by atoms with E-state index in [2.05, 4.69) is 26.3 Å². The van der Waals surface area contributed by atoms with Gasteiger partial charge in [-0.25, -0.2) is 0 Å². The lowest BCUT2D eigenvalue weighted by Crippen LogP contribution is -2.58. The maximum absolute atomic E-state index is 12.4. The smallest absolute Gasteiger partial charge is 0.243 e. The van der Waals surface area contributed by atoms with Gasteiger partial charge in [0.2, 0.25) is 29.5 Å². The van der Waals surface area contributed by atoms with Crippen LogP contribution < -0.4 is 38.5 Å². The molecule has 13 heteroatoms. The first-order valence-corrected chi connectivity index (χ1v) is 9.11. The van der Waals surface area contributed by atoms with Crippen LogP contribution in [0.5, 0.6) is 0 Å². The van der Waals surface area contributed by atoms with Gasteiger partial charge < -0.3 is 38.5 Å². The highest BCUT2D eigenvalue weighted by atomic mass is 16.2. The Kier molecular flexibility index (Phi) is 9.35. The van der Waals surface area contributed by atoms with Crippen LogP contribution in [-0.2, 0) is 24.0 Å². The van der Waals surface area contributed by atoms with Crippen LogP contribution in [0.15, 0.2) is 4.99 Å². The van der Waals surface area contributed by atoms with E-state index in [-0.39, 0.29) is 31.8 Å². The monoisotopic (exact) mass is 412 g/mol. The molecule has 0 aliphatic carbocycles. The molecule has 1 saturated heterocycles. The molecule has 1 aliphatic heterocycles. The molecule has 10 N–H and O–H groups in total. The number of carbonyl (C=O) groups excluding carboxylic acids is 5. The first-order valence-electron chi connectivity index (χ1n) is 9.11. The van der Waals surface area contributed by atoms with E-state index < -0.39 is 54.2 Å². The Morgan fingerprint density at radius 1 is 0.966 bits per heavy atom. The van der Waals surface area contributed by atoms with Crippen LogP contribution in [0, 0.1) is 0 Å². The molecule has 0 radical (unpaired) electrons. The van der Waals surface area contributed by atoms with E-state index in [1.165, 1.54) is 6.92 Å². The predicted molar refractivity (Wildman–Crippen MR) is 103 cm³/mol. The Bertz CT molecular complexity index is 676. The molecule has 1 fully saturated rings. The van der Waals surface area contributed by atoms with Crippen molar-refractivity contribution in [2.75, 3.05) is 13.1 Å². The quantitative estimate of drug-likeness (QED) is 0.124. The molecule has 1 rings (SSSR count). The van der Waals surface area contributed by atoms with Crippen molar-refractivity contribution in [2.45, 2.75) is 50.7 Å². The molecule has 0 aromatic rings. The third kappa shape index (κ3) is 8.90. The summed E-state index contributed by atoms with van der Waals surface area (Å²) in [6.45, 7) is 1.28. The van der Waals surface area contributed by atoms with Crippen LogP contribution in [0.4, 0.5) is 0 Å². The van der Waals surface area contributed by atoms with Gasteiger partial charge in [0.15, 0.2) is 5.96 Å². The van der Waals surface area contributed by atoms with Gasteiger partial charge in [0, 0.05) is 13.0 Å². The lowest BCUT2D eigenvalue weighted by Gasteiger charge is -2.25. The maximum Gasteiger partial charge on any atom is 0.243 e. The molecule has 0 unspecified atom stereocenters. The number of primary amides is 1. The van der Waals surface area contributed by atoms with Crippen LogP contribution >= 0.6 is 0 Å². The summed E-state index contributed by atoms with van der Waals surface area (Å²) in [5, 5.41) is 9.83. The van der Waals surface area contributed by atoms with Crippen molar-refractivity contribution in [1.29, 1.82) is 0 Å². The fraction of sp³-hybridized carbons (Fsp3) is 0.625. The molecule has 0 saturated carbocycles. The molecule has 0 aromatic carbocycles. The standard InChI is InChI=1S/C16H28N8O5/c1-8-13(27)24-9(3-2-6-20-16(18)19)14(28)21-7-12(26)23-10(15(29)22-8)4-5-11(17)25/h8-10H,2-7H2,1H3,(H2,17,25)(H,21,28)(H,22,29)(H,23,26)(H,24,27)(H4,18,19,20)/t8-,9+,10-/m0/s1. The number of nitrogens with two attached hydrogens (primary N) is 3. The molecule has 29 heavy (non-hydrogen) atoms. The average Bonchev–Trinajstić information content (AvgIpc) is 2.63. The highest BCUT2D eigenvalue weighted by molar-refractivity contribution is 5.96. The zero-order valence-corrected chi connectivity index (χ0v) is 16.2. The van der Waals surface area contributed by atoms with E-state index in [1.807, 2.05) is 0 Å².